The average molecular weight is 212 g/mol. The minimum atomic E-state index is -3.03. The van der Waals surface area contributed by atoms with Crippen LogP contribution in [0.3, 0.4) is 0 Å². The van der Waals surface area contributed by atoms with E-state index in [1.807, 2.05) is 32.9 Å². The number of benzene rings is 1. The number of hydrogen-bond donors (Lipinski definition) is 0. The molecule has 0 radical (unpaired) electrons. The van der Waals surface area contributed by atoms with Crippen LogP contribution >= 0.6 is 0 Å². The van der Waals surface area contributed by atoms with Gasteiger partial charge in [-0.25, -0.2) is 0 Å². The molecule has 0 N–H and O–H groups in total. The zero-order chi connectivity index (χ0) is 11.2. The molecule has 0 amide bonds. The third-order valence-corrected chi connectivity index (χ3v) is 2.78. The molecule has 0 saturated heterocycles. The first-order valence-corrected chi connectivity index (χ1v) is 5.10. The predicted molar refractivity (Wildman–Crippen MR) is 54.5 cm³/mol. The second kappa shape index (κ2) is 3.19. The molecular formula is C12H14F2O. The first-order chi connectivity index (χ1) is 6.91. The van der Waals surface area contributed by atoms with Gasteiger partial charge in [0.05, 0.1) is 6.42 Å². The van der Waals surface area contributed by atoms with Crippen LogP contribution in [-0.4, -0.2) is 6.11 Å². The maximum absolute atomic E-state index is 13.1. The van der Waals surface area contributed by atoms with Crippen molar-refractivity contribution in [2.45, 2.75) is 39.2 Å². The second-order valence-electron chi connectivity index (χ2n) is 4.35. The fourth-order valence-corrected chi connectivity index (χ4v) is 1.93. The van der Waals surface area contributed by atoms with Gasteiger partial charge in [-0.2, -0.15) is 8.78 Å². The van der Waals surface area contributed by atoms with Crippen LogP contribution in [-0.2, 0) is 6.42 Å². The van der Waals surface area contributed by atoms with E-state index in [0.717, 1.165) is 11.1 Å². The monoisotopic (exact) mass is 212 g/mol. The zero-order valence-corrected chi connectivity index (χ0v) is 9.10. The Bertz CT molecular complexity index is 397. The summed E-state index contributed by atoms with van der Waals surface area (Å²) < 4.78 is 31.0. The summed E-state index contributed by atoms with van der Waals surface area (Å²) in [5.41, 5.74) is 2.41. The lowest BCUT2D eigenvalue weighted by Crippen LogP contribution is -2.21. The van der Waals surface area contributed by atoms with Gasteiger partial charge in [-0.3, -0.25) is 0 Å². The van der Waals surface area contributed by atoms with Crippen LogP contribution in [0.15, 0.2) is 12.1 Å². The Kier molecular flexibility index (Phi) is 2.21. The van der Waals surface area contributed by atoms with Crippen LogP contribution in [0.1, 0.15) is 36.5 Å². The molecule has 1 aromatic rings. The van der Waals surface area contributed by atoms with E-state index in [2.05, 4.69) is 0 Å². The van der Waals surface area contributed by atoms with E-state index in [-0.39, 0.29) is 12.3 Å². The summed E-state index contributed by atoms with van der Waals surface area (Å²) in [5.74, 6) is 0.600. The molecule has 0 atom stereocenters. The third-order valence-electron chi connectivity index (χ3n) is 2.78. The van der Waals surface area contributed by atoms with Gasteiger partial charge < -0.3 is 4.74 Å². The van der Waals surface area contributed by atoms with Crippen LogP contribution in [0, 0.1) is 6.92 Å². The Hall–Kier alpha value is -1.12. The van der Waals surface area contributed by atoms with Gasteiger partial charge in [0, 0.05) is 5.56 Å². The lowest BCUT2D eigenvalue weighted by Gasteiger charge is -2.13. The number of hydrogen-bond acceptors (Lipinski definition) is 1. The highest BCUT2D eigenvalue weighted by Crippen LogP contribution is 2.43. The Labute approximate surface area is 88.1 Å². The van der Waals surface area contributed by atoms with Gasteiger partial charge in [0.15, 0.2) is 0 Å². The molecule has 15 heavy (non-hydrogen) atoms. The number of fused-ring (bicyclic) bond motifs is 1. The Morgan fingerprint density at radius 2 is 2.00 bits per heavy atom. The summed E-state index contributed by atoms with van der Waals surface area (Å²) in [6, 6.07) is 3.76. The van der Waals surface area contributed by atoms with Crippen molar-refractivity contribution in [3.8, 4) is 5.75 Å². The van der Waals surface area contributed by atoms with Gasteiger partial charge in [-0.15, -0.1) is 0 Å². The fraction of sp³-hybridized carbons (Fsp3) is 0.500. The van der Waals surface area contributed by atoms with Gasteiger partial charge >= 0.3 is 6.11 Å². The molecule has 0 bridgehead atoms. The van der Waals surface area contributed by atoms with E-state index in [1.165, 1.54) is 0 Å². The van der Waals surface area contributed by atoms with Crippen molar-refractivity contribution in [2.75, 3.05) is 0 Å². The lowest BCUT2D eigenvalue weighted by molar-refractivity contribution is -0.159. The quantitative estimate of drug-likeness (QED) is 0.690. The third kappa shape index (κ3) is 1.71. The fourth-order valence-electron chi connectivity index (χ4n) is 1.93. The van der Waals surface area contributed by atoms with Crippen molar-refractivity contribution in [1.29, 1.82) is 0 Å². The molecule has 82 valence electrons. The van der Waals surface area contributed by atoms with Crippen molar-refractivity contribution in [3.63, 3.8) is 0 Å². The molecule has 1 aromatic carbocycles. The number of ether oxygens (including phenoxy) is 1. The smallest absolute Gasteiger partial charge is 0.402 e. The first-order valence-electron chi connectivity index (χ1n) is 5.10. The molecular weight excluding hydrogens is 198 g/mol. The maximum atomic E-state index is 13.1. The molecule has 0 unspecified atom stereocenters. The van der Waals surface area contributed by atoms with Crippen molar-refractivity contribution in [2.24, 2.45) is 0 Å². The molecule has 0 aliphatic carbocycles. The Morgan fingerprint density at radius 1 is 1.33 bits per heavy atom. The summed E-state index contributed by atoms with van der Waals surface area (Å²) >= 11 is 0. The number of aryl methyl sites for hydroxylation is 1. The first kappa shape index (κ1) is 10.4. The molecule has 2 rings (SSSR count). The summed E-state index contributed by atoms with van der Waals surface area (Å²) in [6.07, 6.45) is -3.33. The molecule has 1 aliphatic heterocycles. The number of rotatable bonds is 1. The van der Waals surface area contributed by atoms with E-state index >= 15 is 0 Å². The van der Waals surface area contributed by atoms with E-state index in [1.54, 1.807) is 0 Å². The van der Waals surface area contributed by atoms with Crippen LogP contribution < -0.4 is 4.74 Å². The Balaban J connectivity index is 2.55. The van der Waals surface area contributed by atoms with Crippen LogP contribution in [0.25, 0.3) is 0 Å². The van der Waals surface area contributed by atoms with Gasteiger partial charge in [-0.05, 0) is 24.0 Å². The number of alkyl halides is 2. The van der Waals surface area contributed by atoms with Crippen molar-refractivity contribution < 1.29 is 13.5 Å². The molecule has 0 spiro atoms. The molecule has 0 saturated carbocycles. The number of halogens is 2. The van der Waals surface area contributed by atoms with E-state index < -0.39 is 6.11 Å². The molecule has 0 fully saturated rings. The predicted octanol–water partition coefficient (Wildman–Crippen LogP) is 3.65. The van der Waals surface area contributed by atoms with Crippen molar-refractivity contribution in [1.82, 2.24) is 0 Å². The van der Waals surface area contributed by atoms with E-state index in [4.69, 9.17) is 4.74 Å². The highest BCUT2D eigenvalue weighted by Gasteiger charge is 2.41. The Morgan fingerprint density at radius 3 is 2.60 bits per heavy atom. The zero-order valence-electron chi connectivity index (χ0n) is 9.10. The second-order valence-corrected chi connectivity index (χ2v) is 4.35. The highest BCUT2D eigenvalue weighted by atomic mass is 19.3. The lowest BCUT2D eigenvalue weighted by atomic mass is 9.96. The highest BCUT2D eigenvalue weighted by molar-refractivity contribution is 5.50. The summed E-state index contributed by atoms with van der Waals surface area (Å²) in [5, 5.41) is 0. The largest absolute Gasteiger partial charge is 0.432 e. The summed E-state index contributed by atoms with van der Waals surface area (Å²) in [7, 11) is 0. The normalized spacial score (nSPS) is 17.7. The van der Waals surface area contributed by atoms with Gasteiger partial charge in [0.1, 0.15) is 5.75 Å². The molecule has 0 aromatic heterocycles. The topological polar surface area (TPSA) is 9.23 Å². The van der Waals surface area contributed by atoms with Gasteiger partial charge in [-0.1, -0.05) is 26.0 Å². The maximum Gasteiger partial charge on any atom is 0.402 e. The van der Waals surface area contributed by atoms with Gasteiger partial charge in [0.25, 0.3) is 0 Å². The molecule has 1 aliphatic rings. The SMILES string of the molecule is Cc1ccc(C(C)C)c2c1CC(F)(F)O2. The van der Waals surface area contributed by atoms with E-state index in [9.17, 15) is 8.78 Å². The van der Waals surface area contributed by atoms with Crippen LogP contribution in [0.2, 0.25) is 0 Å². The summed E-state index contributed by atoms with van der Waals surface area (Å²) in [6.45, 7) is 5.79. The average Bonchev–Trinajstić information content (AvgIpc) is 2.41. The van der Waals surface area contributed by atoms with Gasteiger partial charge in [0.2, 0.25) is 0 Å². The minimum Gasteiger partial charge on any atom is -0.432 e. The van der Waals surface area contributed by atoms with Crippen molar-refractivity contribution >= 4 is 0 Å². The molecule has 1 nitrogen and oxygen atoms in total. The standard InChI is InChI=1S/C12H14F2O/c1-7(2)9-5-4-8(3)10-6-12(13,14)15-11(9)10/h4-5,7H,6H2,1-3H3. The van der Waals surface area contributed by atoms with E-state index in [0.29, 0.717) is 11.3 Å². The van der Waals surface area contributed by atoms with Crippen molar-refractivity contribution in [3.05, 3.63) is 28.8 Å². The molecule has 3 heteroatoms. The summed E-state index contributed by atoms with van der Waals surface area (Å²) in [4.78, 5) is 0. The van der Waals surface area contributed by atoms with Crippen LogP contribution in [0.5, 0.6) is 5.75 Å². The minimum absolute atomic E-state index is 0.202. The molecule has 1 heterocycles. The van der Waals surface area contributed by atoms with Crippen LogP contribution in [0.4, 0.5) is 8.78 Å².